The van der Waals surface area contributed by atoms with Gasteiger partial charge in [-0.05, 0) is 19.3 Å². The Labute approximate surface area is 83.4 Å². The number of alkyl halides is 1. The zero-order valence-electron chi connectivity index (χ0n) is 7.62. The summed E-state index contributed by atoms with van der Waals surface area (Å²) in [5, 5.41) is 7.98. The molecule has 0 aliphatic heterocycles. The third kappa shape index (κ3) is 3.59. The van der Waals surface area contributed by atoms with Crippen LogP contribution in [0.1, 0.15) is 18.5 Å². The van der Waals surface area contributed by atoms with Crippen LogP contribution in [0, 0.1) is 0 Å². The Morgan fingerprint density at radius 3 is 3.08 bits per heavy atom. The predicted octanol–water partition coefficient (Wildman–Crippen LogP) is 2.03. The first-order valence-corrected chi connectivity index (χ1v) is 4.96. The molecule has 0 aromatic carbocycles. The van der Waals surface area contributed by atoms with Crippen LogP contribution in [0.15, 0.2) is 18.9 Å². The molecule has 0 N–H and O–H groups in total. The number of halogens is 1. The zero-order valence-corrected chi connectivity index (χ0v) is 8.37. The van der Waals surface area contributed by atoms with Gasteiger partial charge in [0.2, 0.25) is 0 Å². The maximum absolute atomic E-state index is 5.57. The molecular weight excluding hydrogens is 186 g/mol. The van der Waals surface area contributed by atoms with Crippen molar-refractivity contribution in [3.8, 4) is 0 Å². The number of aryl methyl sites for hydroxylation is 1. The molecular formula is C9H14ClN3. The number of rotatable bonds is 6. The summed E-state index contributed by atoms with van der Waals surface area (Å²) in [5.41, 5.74) is 1.03. The Hall–Kier alpha value is -0.830. The number of aromatic nitrogens is 3. The number of allylic oxidation sites excluding steroid dienone is 1. The van der Waals surface area contributed by atoms with Crippen molar-refractivity contribution in [2.24, 2.45) is 0 Å². The Morgan fingerprint density at radius 2 is 2.38 bits per heavy atom. The van der Waals surface area contributed by atoms with Gasteiger partial charge in [0.15, 0.2) is 0 Å². The Kier molecular flexibility index (Phi) is 4.54. The first-order valence-electron chi connectivity index (χ1n) is 4.42. The molecule has 3 nitrogen and oxygen atoms in total. The van der Waals surface area contributed by atoms with Crippen molar-refractivity contribution in [3.05, 3.63) is 24.5 Å². The van der Waals surface area contributed by atoms with E-state index in [1.807, 2.05) is 6.20 Å². The van der Waals surface area contributed by atoms with Gasteiger partial charge >= 0.3 is 0 Å². The van der Waals surface area contributed by atoms with Crippen molar-refractivity contribution < 1.29 is 0 Å². The van der Waals surface area contributed by atoms with E-state index < -0.39 is 0 Å². The molecule has 0 saturated carbocycles. The van der Waals surface area contributed by atoms with Crippen LogP contribution in [-0.2, 0) is 13.0 Å². The maximum Gasteiger partial charge on any atom is 0.0827 e. The van der Waals surface area contributed by atoms with Crippen LogP contribution in [0.25, 0.3) is 0 Å². The molecule has 1 rings (SSSR count). The van der Waals surface area contributed by atoms with E-state index in [4.69, 9.17) is 11.6 Å². The lowest BCUT2D eigenvalue weighted by atomic mass is 10.2. The lowest BCUT2D eigenvalue weighted by Crippen LogP contribution is -1.94. The minimum Gasteiger partial charge on any atom is -0.248 e. The van der Waals surface area contributed by atoms with E-state index >= 15 is 0 Å². The van der Waals surface area contributed by atoms with Gasteiger partial charge in [0.05, 0.1) is 12.2 Å². The third-order valence-corrected chi connectivity index (χ3v) is 1.99. The minimum atomic E-state index is 0.723. The van der Waals surface area contributed by atoms with Crippen LogP contribution in [0.4, 0.5) is 0 Å². The van der Waals surface area contributed by atoms with Crippen molar-refractivity contribution in [1.29, 1.82) is 0 Å². The molecule has 0 spiro atoms. The molecule has 0 amide bonds. The molecule has 4 heteroatoms. The van der Waals surface area contributed by atoms with Crippen molar-refractivity contribution in [1.82, 2.24) is 15.0 Å². The van der Waals surface area contributed by atoms with Crippen LogP contribution in [0.2, 0.25) is 0 Å². The normalized spacial score (nSPS) is 10.2. The monoisotopic (exact) mass is 199 g/mol. The fourth-order valence-electron chi connectivity index (χ4n) is 1.08. The summed E-state index contributed by atoms with van der Waals surface area (Å²) in [6.07, 6.45) is 6.84. The lowest BCUT2D eigenvalue weighted by Gasteiger charge is -1.92. The molecule has 1 aromatic rings. The van der Waals surface area contributed by atoms with Crippen molar-refractivity contribution in [2.75, 3.05) is 5.88 Å². The quantitative estimate of drug-likeness (QED) is 0.399. The average molecular weight is 200 g/mol. The molecule has 0 aliphatic rings. The second kappa shape index (κ2) is 5.75. The molecule has 0 atom stereocenters. The van der Waals surface area contributed by atoms with Gasteiger partial charge in [-0.15, -0.1) is 23.3 Å². The van der Waals surface area contributed by atoms with E-state index in [1.165, 1.54) is 0 Å². The van der Waals surface area contributed by atoms with E-state index in [0.717, 1.165) is 37.4 Å². The summed E-state index contributed by atoms with van der Waals surface area (Å²) in [6, 6.07) is 0. The highest BCUT2D eigenvalue weighted by Crippen LogP contribution is 2.01. The highest BCUT2D eigenvalue weighted by Gasteiger charge is 1.98. The highest BCUT2D eigenvalue weighted by molar-refractivity contribution is 6.17. The van der Waals surface area contributed by atoms with Crippen LogP contribution >= 0.6 is 11.6 Å². The number of hydrogen-bond donors (Lipinski definition) is 0. The van der Waals surface area contributed by atoms with Gasteiger partial charge in [-0.25, -0.2) is 4.68 Å². The van der Waals surface area contributed by atoms with E-state index in [-0.39, 0.29) is 0 Å². The summed E-state index contributed by atoms with van der Waals surface area (Å²) in [4.78, 5) is 0. The molecule has 0 aliphatic carbocycles. The van der Waals surface area contributed by atoms with Gasteiger partial charge in [-0.2, -0.15) is 0 Å². The van der Waals surface area contributed by atoms with Crippen LogP contribution in [0.3, 0.4) is 0 Å². The van der Waals surface area contributed by atoms with Gasteiger partial charge in [0.25, 0.3) is 0 Å². The molecule has 1 aromatic heterocycles. The van der Waals surface area contributed by atoms with Gasteiger partial charge in [-0.3, -0.25) is 0 Å². The molecule has 13 heavy (non-hydrogen) atoms. The summed E-state index contributed by atoms with van der Waals surface area (Å²) < 4.78 is 1.78. The summed E-state index contributed by atoms with van der Waals surface area (Å²) >= 11 is 5.57. The smallest absolute Gasteiger partial charge is 0.0827 e. The standard InChI is InChI=1S/C9H14ClN3/c1-2-7-13-8-9(11-12-13)5-3-4-6-10/h2,8H,1,3-7H2. The zero-order chi connectivity index (χ0) is 9.52. The van der Waals surface area contributed by atoms with Gasteiger partial charge < -0.3 is 0 Å². The van der Waals surface area contributed by atoms with Crippen molar-refractivity contribution >= 4 is 11.6 Å². The van der Waals surface area contributed by atoms with Crippen LogP contribution < -0.4 is 0 Å². The SMILES string of the molecule is C=CCn1cc(CCCCCl)nn1. The average Bonchev–Trinajstić information content (AvgIpc) is 2.54. The molecule has 0 bridgehead atoms. The molecule has 1 heterocycles. The molecule has 0 unspecified atom stereocenters. The topological polar surface area (TPSA) is 30.7 Å². The molecule has 0 saturated heterocycles. The van der Waals surface area contributed by atoms with E-state index in [1.54, 1.807) is 10.8 Å². The van der Waals surface area contributed by atoms with Crippen molar-refractivity contribution in [3.63, 3.8) is 0 Å². The van der Waals surface area contributed by atoms with Gasteiger partial charge in [0, 0.05) is 12.1 Å². The fraction of sp³-hybridized carbons (Fsp3) is 0.556. The van der Waals surface area contributed by atoms with E-state index in [9.17, 15) is 0 Å². The molecule has 72 valence electrons. The summed E-state index contributed by atoms with van der Waals surface area (Å²) in [6.45, 7) is 4.36. The number of unbranched alkanes of at least 4 members (excludes halogenated alkanes) is 1. The Morgan fingerprint density at radius 1 is 1.54 bits per heavy atom. The first-order chi connectivity index (χ1) is 6.36. The summed E-state index contributed by atoms with van der Waals surface area (Å²) in [5.74, 6) is 0.723. The minimum absolute atomic E-state index is 0.723. The first kappa shape index (κ1) is 10.3. The molecule has 0 fully saturated rings. The van der Waals surface area contributed by atoms with E-state index in [2.05, 4.69) is 16.9 Å². The Bertz CT molecular complexity index is 257. The van der Waals surface area contributed by atoms with Crippen molar-refractivity contribution in [2.45, 2.75) is 25.8 Å². The predicted molar refractivity (Wildman–Crippen MR) is 53.9 cm³/mol. The van der Waals surface area contributed by atoms with Gasteiger partial charge in [0.1, 0.15) is 0 Å². The number of hydrogen-bond acceptors (Lipinski definition) is 2. The Balaban J connectivity index is 2.35. The second-order valence-corrected chi connectivity index (χ2v) is 3.24. The third-order valence-electron chi connectivity index (χ3n) is 1.72. The highest BCUT2D eigenvalue weighted by atomic mass is 35.5. The summed E-state index contributed by atoms with van der Waals surface area (Å²) in [7, 11) is 0. The second-order valence-electron chi connectivity index (χ2n) is 2.87. The van der Waals surface area contributed by atoms with Crippen LogP contribution in [0.5, 0.6) is 0 Å². The fourth-order valence-corrected chi connectivity index (χ4v) is 1.26. The lowest BCUT2D eigenvalue weighted by molar-refractivity contribution is 0.661. The number of nitrogens with zero attached hydrogens (tertiary/aromatic N) is 3. The van der Waals surface area contributed by atoms with E-state index in [0.29, 0.717) is 0 Å². The molecule has 0 radical (unpaired) electrons. The largest absolute Gasteiger partial charge is 0.248 e. The van der Waals surface area contributed by atoms with Gasteiger partial charge in [-0.1, -0.05) is 11.3 Å². The maximum atomic E-state index is 5.57. The van der Waals surface area contributed by atoms with Crippen LogP contribution in [-0.4, -0.2) is 20.9 Å².